The first-order valence-corrected chi connectivity index (χ1v) is 7.14. The van der Waals surface area contributed by atoms with E-state index in [9.17, 15) is 4.79 Å². The van der Waals surface area contributed by atoms with Gasteiger partial charge in [0.05, 0.1) is 0 Å². The molecule has 16 heavy (non-hydrogen) atoms. The number of amides is 1. The summed E-state index contributed by atoms with van der Waals surface area (Å²) in [6, 6.07) is 0.290. The van der Waals surface area contributed by atoms with E-state index in [1.807, 2.05) is 0 Å². The van der Waals surface area contributed by atoms with E-state index >= 15 is 0 Å². The van der Waals surface area contributed by atoms with Crippen molar-refractivity contribution in [1.82, 2.24) is 4.90 Å². The minimum absolute atomic E-state index is 0.226. The molecule has 0 aromatic heterocycles. The summed E-state index contributed by atoms with van der Waals surface area (Å²) in [5.74, 6) is 1.84. The Morgan fingerprint density at radius 3 is 2.69 bits per heavy atom. The van der Waals surface area contributed by atoms with Crippen LogP contribution in [0.1, 0.15) is 45.4 Å². The summed E-state index contributed by atoms with van der Waals surface area (Å²) in [6.07, 6.45) is 7.19. The third-order valence-electron chi connectivity index (χ3n) is 4.06. The second-order valence-corrected chi connectivity index (χ2v) is 5.62. The molecule has 2 nitrogen and oxygen atoms in total. The third kappa shape index (κ3) is 2.71. The molecule has 2 atom stereocenters. The molecule has 2 fully saturated rings. The average Bonchev–Trinajstić information content (AvgIpc) is 3.12. The second kappa shape index (κ2) is 5.39. The number of carbonyl (C=O) groups is 1. The molecule has 2 unspecified atom stereocenters. The minimum atomic E-state index is 0.226. The molecule has 1 aliphatic carbocycles. The molecular formula is C13H22ClNO. The lowest BCUT2D eigenvalue weighted by atomic mass is 10.0. The molecule has 1 saturated carbocycles. The smallest absolute Gasteiger partial charge is 0.225 e. The van der Waals surface area contributed by atoms with Crippen LogP contribution in [0.3, 0.4) is 0 Å². The summed E-state index contributed by atoms with van der Waals surface area (Å²) >= 11 is 6.00. The molecule has 0 radical (unpaired) electrons. The Morgan fingerprint density at radius 1 is 1.31 bits per heavy atom. The molecule has 2 rings (SSSR count). The molecule has 1 aliphatic heterocycles. The maximum atomic E-state index is 12.4. The molecular weight excluding hydrogens is 222 g/mol. The van der Waals surface area contributed by atoms with E-state index in [4.69, 9.17) is 11.6 Å². The van der Waals surface area contributed by atoms with Gasteiger partial charge in [0.2, 0.25) is 5.91 Å². The number of alkyl halides is 1. The van der Waals surface area contributed by atoms with Gasteiger partial charge in [-0.15, -0.1) is 11.6 Å². The van der Waals surface area contributed by atoms with E-state index in [0.29, 0.717) is 17.7 Å². The largest absolute Gasteiger partial charge is 0.338 e. The van der Waals surface area contributed by atoms with Crippen molar-refractivity contribution >= 4 is 17.5 Å². The predicted molar refractivity (Wildman–Crippen MR) is 66.6 cm³/mol. The standard InChI is InChI=1S/C13H22ClNO/c1-10(11-6-7-11)13(16)15-8-4-2-3-5-12(15)9-14/h10-12H,2-9H2,1H3. The van der Waals surface area contributed by atoms with E-state index in [1.165, 1.54) is 25.7 Å². The zero-order chi connectivity index (χ0) is 11.5. The molecule has 1 saturated heterocycles. The molecule has 3 heteroatoms. The van der Waals surface area contributed by atoms with Crippen LogP contribution in [0.4, 0.5) is 0 Å². The van der Waals surface area contributed by atoms with Crippen molar-refractivity contribution in [3.8, 4) is 0 Å². The predicted octanol–water partition coefficient (Wildman–Crippen LogP) is 3.04. The third-order valence-corrected chi connectivity index (χ3v) is 4.41. The number of nitrogens with zero attached hydrogens (tertiary/aromatic N) is 1. The fourth-order valence-corrected chi connectivity index (χ4v) is 3.01. The van der Waals surface area contributed by atoms with E-state index < -0.39 is 0 Å². The first kappa shape index (κ1) is 12.2. The second-order valence-electron chi connectivity index (χ2n) is 5.32. The fraction of sp³-hybridized carbons (Fsp3) is 0.923. The Hall–Kier alpha value is -0.240. The molecule has 2 aliphatic rings. The van der Waals surface area contributed by atoms with E-state index in [2.05, 4.69) is 11.8 Å². The normalized spacial score (nSPS) is 28.6. The van der Waals surface area contributed by atoms with Gasteiger partial charge in [-0.2, -0.15) is 0 Å². The van der Waals surface area contributed by atoms with Crippen molar-refractivity contribution in [2.45, 2.75) is 51.5 Å². The van der Waals surface area contributed by atoms with Crippen molar-refractivity contribution in [2.24, 2.45) is 11.8 Å². The Balaban J connectivity index is 1.99. The summed E-state index contributed by atoms with van der Waals surface area (Å²) in [7, 11) is 0. The van der Waals surface area contributed by atoms with Gasteiger partial charge in [-0.05, 0) is 31.6 Å². The van der Waals surface area contributed by atoms with Crippen molar-refractivity contribution in [2.75, 3.05) is 12.4 Å². The lowest BCUT2D eigenvalue weighted by molar-refractivity contribution is -0.137. The van der Waals surface area contributed by atoms with Crippen LogP contribution in [-0.2, 0) is 4.79 Å². The van der Waals surface area contributed by atoms with Crippen LogP contribution in [0.25, 0.3) is 0 Å². The molecule has 0 bridgehead atoms. The highest BCUT2D eigenvalue weighted by Crippen LogP contribution is 2.38. The zero-order valence-electron chi connectivity index (χ0n) is 10.1. The first-order valence-electron chi connectivity index (χ1n) is 6.60. The lowest BCUT2D eigenvalue weighted by Gasteiger charge is -2.31. The lowest BCUT2D eigenvalue weighted by Crippen LogP contribution is -2.44. The molecule has 0 aromatic carbocycles. The number of hydrogen-bond donors (Lipinski definition) is 0. The van der Waals surface area contributed by atoms with Gasteiger partial charge in [0.25, 0.3) is 0 Å². The van der Waals surface area contributed by atoms with Crippen LogP contribution in [0.2, 0.25) is 0 Å². The summed E-state index contributed by atoms with van der Waals surface area (Å²) in [4.78, 5) is 14.4. The van der Waals surface area contributed by atoms with Crippen LogP contribution >= 0.6 is 11.6 Å². The molecule has 0 N–H and O–H groups in total. The number of halogens is 1. The van der Waals surface area contributed by atoms with E-state index in [0.717, 1.165) is 19.4 Å². The maximum Gasteiger partial charge on any atom is 0.225 e. The Bertz CT molecular complexity index is 252. The summed E-state index contributed by atoms with van der Waals surface area (Å²) in [6.45, 7) is 3.02. The monoisotopic (exact) mass is 243 g/mol. The number of rotatable bonds is 3. The van der Waals surface area contributed by atoms with E-state index in [-0.39, 0.29) is 12.0 Å². The highest BCUT2D eigenvalue weighted by molar-refractivity contribution is 6.18. The summed E-state index contributed by atoms with van der Waals surface area (Å²) in [5.41, 5.74) is 0. The fourth-order valence-electron chi connectivity index (χ4n) is 2.69. The van der Waals surface area contributed by atoms with Gasteiger partial charge < -0.3 is 4.90 Å². The van der Waals surface area contributed by atoms with Gasteiger partial charge in [-0.25, -0.2) is 0 Å². The van der Waals surface area contributed by atoms with E-state index in [1.54, 1.807) is 0 Å². The van der Waals surface area contributed by atoms with Gasteiger partial charge in [0, 0.05) is 24.4 Å². The Kier molecular flexibility index (Phi) is 4.12. The summed E-state index contributed by atoms with van der Waals surface area (Å²) in [5, 5.41) is 0. The minimum Gasteiger partial charge on any atom is -0.338 e. The van der Waals surface area contributed by atoms with Crippen LogP contribution in [0, 0.1) is 11.8 Å². The molecule has 92 valence electrons. The Labute approximate surface area is 103 Å². The topological polar surface area (TPSA) is 20.3 Å². The summed E-state index contributed by atoms with van der Waals surface area (Å²) < 4.78 is 0. The van der Waals surface area contributed by atoms with Crippen LogP contribution < -0.4 is 0 Å². The quantitative estimate of drug-likeness (QED) is 0.698. The van der Waals surface area contributed by atoms with Gasteiger partial charge in [-0.3, -0.25) is 4.79 Å². The van der Waals surface area contributed by atoms with Gasteiger partial charge >= 0.3 is 0 Å². The van der Waals surface area contributed by atoms with Gasteiger partial charge in [0.15, 0.2) is 0 Å². The average molecular weight is 244 g/mol. The highest BCUT2D eigenvalue weighted by Gasteiger charge is 2.36. The first-order chi connectivity index (χ1) is 7.74. The molecule has 1 heterocycles. The number of likely N-dealkylation sites (tertiary alicyclic amines) is 1. The SMILES string of the molecule is CC(C(=O)N1CCCCCC1CCl)C1CC1. The van der Waals surface area contributed by atoms with Crippen molar-refractivity contribution in [3.63, 3.8) is 0 Å². The zero-order valence-corrected chi connectivity index (χ0v) is 10.9. The van der Waals surface area contributed by atoms with Crippen LogP contribution in [0.5, 0.6) is 0 Å². The maximum absolute atomic E-state index is 12.4. The van der Waals surface area contributed by atoms with Gasteiger partial charge in [0.1, 0.15) is 0 Å². The Morgan fingerprint density at radius 2 is 2.06 bits per heavy atom. The van der Waals surface area contributed by atoms with Crippen molar-refractivity contribution in [3.05, 3.63) is 0 Å². The van der Waals surface area contributed by atoms with Crippen LogP contribution in [-0.4, -0.2) is 29.3 Å². The molecule has 1 amide bonds. The number of carbonyl (C=O) groups excluding carboxylic acids is 1. The van der Waals surface area contributed by atoms with Crippen LogP contribution in [0.15, 0.2) is 0 Å². The van der Waals surface area contributed by atoms with Gasteiger partial charge in [-0.1, -0.05) is 19.8 Å². The number of hydrogen-bond acceptors (Lipinski definition) is 1. The van der Waals surface area contributed by atoms with Crippen molar-refractivity contribution < 1.29 is 4.79 Å². The molecule has 0 spiro atoms. The van der Waals surface area contributed by atoms with Crippen molar-refractivity contribution in [1.29, 1.82) is 0 Å². The highest BCUT2D eigenvalue weighted by atomic mass is 35.5. The molecule has 0 aromatic rings.